The van der Waals surface area contributed by atoms with Crippen molar-refractivity contribution < 1.29 is 158 Å². The van der Waals surface area contributed by atoms with Gasteiger partial charge in [-0.05, 0) is 36.4 Å². The third kappa shape index (κ3) is 7.64. The first-order valence-corrected chi connectivity index (χ1v) is 22.2. The van der Waals surface area contributed by atoms with E-state index in [0.717, 1.165) is 0 Å². The van der Waals surface area contributed by atoms with Crippen LogP contribution in [0.4, 0.5) is 0 Å². The quantitative estimate of drug-likeness (QED) is 0.0469. The van der Waals surface area contributed by atoms with Gasteiger partial charge < -0.3 is 125 Å². The molecular formula is C48H32O32. The molecule has 416 valence electrons. The topological polar surface area (TPSA) is 537 Å². The molecule has 7 atom stereocenters. The number of carboxylic acid groups (broad SMARTS) is 1. The monoisotopic (exact) mass is 1120 g/mol. The average molecular weight is 1120 g/mol. The number of ether oxygens (including phenoxy) is 8. The number of cyclic esters (lactones) is 1. The van der Waals surface area contributed by atoms with Gasteiger partial charge in [-0.1, -0.05) is 0 Å². The zero-order valence-corrected chi connectivity index (χ0v) is 38.9. The third-order valence-corrected chi connectivity index (χ3v) is 13.1. The van der Waals surface area contributed by atoms with Gasteiger partial charge in [0.2, 0.25) is 46.9 Å². The summed E-state index contributed by atoms with van der Waals surface area (Å²) >= 11 is 0. The molecule has 5 aromatic rings. The Morgan fingerprint density at radius 2 is 1.09 bits per heavy atom. The maximum atomic E-state index is 15.2. The number of aliphatic hydroxyl groups is 3. The van der Waals surface area contributed by atoms with Gasteiger partial charge in [-0.3, -0.25) is 4.79 Å². The van der Waals surface area contributed by atoms with Gasteiger partial charge in [0.25, 0.3) is 5.79 Å². The number of phenolic OH excluding ortho intramolecular Hbond substituents is 13. The molecule has 7 unspecified atom stereocenters. The molecule has 17 N–H and O–H groups in total. The van der Waals surface area contributed by atoms with Gasteiger partial charge >= 0.3 is 41.6 Å². The molecule has 5 aromatic carbocycles. The lowest BCUT2D eigenvalue weighted by Crippen LogP contribution is -2.70. The van der Waals surface area contributed by atoms with E-state index >= 15 is 4.79 Å². The van der Waals surface area contributed by atoms with Crippen LogP contribution < -0.4 is 9.47 Å². The Morgan fingerprint density at radius 1 is 0.550 bits per heavy atom. The van der Waals surface area contributed by atoms with Crippen molar-refractivity contribution in [2.75, 3.05) is 6.61 Å². The van der Waals surface area contributed by atoms with Crippen molar-refractivity contribution >= 4 is 41.6 Å². The molecule has 32 heteroatoms. The second kappa shape index (κ2) is 17.9. The van der Waals surface area contributed by atoms with Gasteiger partial charge in [-0.2, -0.15) is 0 Å². The van der Waals surface area contributed by atoms with E-state index in [9.17, 15) is 116 Å². The van der Waals surface area contributed by atoms with E-state index in [1.54, 1.807) is 0 Å². The number of hydrogen-bond donors (Lipinski definition) is 17. The van der Waals surface area contributed by atoms with E-state index in [-0.39, 0.29) is 18.2 Å². The molecule has 4 heterocycles. The van der Waals surface area contributed by atoms with Crippen LogP contribution in [-0.2, 0) is 38.0 Å². The van der Waals surface area contributed by atoms with Gasteiger partial charge in [0.1, 0.15) is 18.3 Å². The Kier molecular flexibility index (Phi) is 11.8. The molecule has 1 fully saturated rings. The summed E-state index contributed by atoms with van der Waals surface area (Å²) < 4.78 is 44.8. The van der Waals surface area contributed by atoms with Crippen LogP contribution >= 0.6 is 0 Å². The van der Waals surface area contributed by atoms with Crippen LogP contribution in [0.5, 0.6) is 92.0 Å². The van der Waals surface area contributed by atoms with Crippen LogP contribution in [0.3, 0.4) is 0 Å². The van der Waals surface area contributed by atoms with Crippen molar-refractivity contribution in [3.05, 3.63) is 81.4 Å². The summed E-state index contributed by atoms with van der Waals surface area (Å²) in [6, 6.07) is 2.21. The van der Waals surface area contributed by atoms with E-state index in [1.165, 1.54) is 0 Å². The summed E-state index contributed by atoms with van der Waals surface area (Å²) in [6.45, 7) is -1.45. The van der Waals surface area contributed by atoms with Crippen LogP contribution in [0.1, 0.15) is 63.3 Å². The molecule has 32 nitrogen and oxygen atoms in total. The fourth-order valence-electron chi connectivity index (χ4n) is 9.33. The normalized spacial score (nSPS) is 23.5. The van der Waals surface area contributed by atoms with Gasteiger partial charge in [0, 0.05) is 22.8 Å². The largest absolute Gasteiger partial charge is 0.504 e. The number of esters is 5. The van der Waals surface area contributed by atoms with Crippen LogP contribution in [0.25, 0.3) is 11.1 Å². The lowest BCUT2D eigenvalue weighted by atomic mass is 9.70. The van der Waals surface area contributed by atoms with Gasteiger partial charge in [0.15, 0.2) is 75.5 Å². The average Bonchev–Trinajstić information content (AvgIpc) is 3.54. The standard InChI is InChI=1S/C48H32O32/c49-15-1-9(2-16(50)27(15)56)41(65)79-46-39-38-35(76-45(69)13-7-22(55)48(72)47(70,71)26(13)25-12(44(68)78-39)5-20(54)31(60)37(25)80-48)21(74-46)8-73-42(66)10-3-17(51)28(57)32(61)23(10)24-11(43(67)77-38)4-19(53)30(59)36(24)75-34-14(40(63)64)6-18(52)29(58)33(34)62/h1-7,21,26,35,38-39,46,49-54,56-62,70-72H,8H2,(H,63,64). The number of carbonyl (C=O) groups excluding carboxylic acids is 6. The number of ketones is 1. The van der Waals surface area contributed by atoms with Crippen molar-refractivity contribution in [3.63, 3.8) is 0 Å². The first-order valence-electron chi connectivity index (χ1n) is 22.2. The predicted octanol–water partition coefficient (Wildman–Crippen LogP) is -0.200. The highest BCUT2D eigenvalue weighted by molar-refractivity contribution is 6.10. The molecule has 6 bridgehead atoms. The van der Waals surface area contributed by atoms with Crippen LogP contribution in [0.15, 0.2) is 48.0 Å². The van der Waals surface area contributed by atoms with Gasteiger partial charge in [-0.15, -0.1) is 0 Å². The van der Waals surface area contributed by atoms with Gasteiger partial charge in [-0.25, -0.2) is 28.8 Å². The summed E-state index contributed by atoms with van der Waals surface area (Å²) in [4.78, 5) is 99.2. The summed E-state index contributed by atoms with van der Waals surface area (Å²) in [5.74, 6) is -46.7. The SMILES string of the molecule is O=C1OC2C3COC(=O)c4cc(O)c(O)c(O)c4-c4c(cc(O)c(O)c4Oc4c(C(=O)O)cc(O)c(O)c4O)C(=O)OC2C(OC(=O)c2cc(O)c(O)c4c2C2C1=CC(=O)C(O)(O4)C2(O)O)C(OC(=O)c1cc(O)c(O)c(O)c1)O3. The lowest BCUT2D eigenvalue weighted by Gasteiger charge is -2.49. The number of aromatic hydroxyl groups is 13. The minimum absolute atomic E-state index is 0.208. The van der Waals surface area contributed by atoms with Crippen molar-refractivity contribution in [2.45, 2.75) is 48.2 Å². The number of carboxylic acids is 1. The first-order chi connectivity index (χ1) is 37.5. The molecule has 5 aliphatic rings. The Hall–Kier alpha value is -10.8. The van der Waals surface area contributed by atoms with E-state index in [0.29, 0.717) is 24.3 Å². The Morgan fingerprint density at radius 3 is 1.74 bits per heavy atom. The number of phenols is 13. The number of carbonyl (C=O) groups is 7. The Labute approximate surface area is 438 Å². The number of fused-ring (bicyclic) bond motifs is 4. The van der Waals surface area contributed by atoms with Gasteiger partial charge in [0.05, 0.1) is 33.7 Å². The molecular weight excluding hydrogens is 1090 g/mol. The second-order valence-corrected chi connectivity index (χ2v) is 17.8. The zero-order valence-electron chi connectivity index (χ0n) is 38.9. The van der Waals surface area contributed by atoms with Crippen molar-refractivity contribution in [2.24, 2.45) is 0 Å². The maximum Gasteiger partial charge on any atom is 0.340 e. The molecule has 0 radical (unpaired) electrons. The van der Waals surface area contributed by atoms with E-state index in [1.807, 2.05) is 0 Å². The number of benzene rings is 5. The minimum Gasteiger partial charge on any atom is -0.504 e. The number of hydrogen-bond acceptors (Lipinski definition) is 31. The predicted molar refractivity (Wildman–Crippen MR) is 241 cm³/mol. The van der Waals surface area contributed by atoms with E-state index in [4.69, 9.17) is 37.9 Å². The fourth-order valence-corrected chi connectivity index (χ4v) is 9.33. The van der Waals surface area contributed by atoms with Crippen molar-refractivity contribution in [1.82, 2.24) is 0 Å². The number of rotatable bonds is 5. The van der Waals surface area contributed by atoms with Crippen LogP contribution in [0, 0.1) is 0 Å². The van der Waals surface area contributed by atoms with Crippen molar-refractivity contribution in [3.8, 4) is 103 Å². The molecule has 0 spiro atoms. The molecule has 0 amide bonds. The number of aromatic carboxylic acids is 1. The van der Waals surface area contributed by atoms with E-state index < -0.39 is 238 Å². The molecule has 80 heavy (non-hydrogen) atoms. The summed E-state index contributed by atoms with van der Waals surface area (Å²) in [5.41, 5.74) is -10.9. The summed E-state index contributed by atoms with van der Waals surface area (Å²) in [7, 11) is 0. The van der Waals surface area contributed by atoms with E-state index in [2.05, 4.69) is 0 Å². The maximum absolute atomic E-state index is 15.2. The Bertz CT molecular complexity index is 3700. The highest BCUT2D eigenvalue weighted by Crippen LogP contribution is 2.60. The first kappa shape index (κ1) is 52.6. The fraction of sp³-hybridized carbons (Fsp3) is 0.188. The highest BCUT2D eigenvalue weighted by atomic mass is 16.8. The summed E-state index contributed by atoms with van der Waals surface area (Å²) in [5, 5.41) is 184. The Balaban J connectivity index is 1.24. The zero-order chi connectivity index (χ0) is 58.3. The molecule has 1 aliphatic carbocycles. The van der Waals surface area contributed by atoms with Crippen molar-refractivity contribution in [1.29, 1.82) is 0 Å². The second-order valence-electron chi connectivity index (χ2n) is 17.8. The summed E-state index contributed by atoms with van der Waals surface area (Å²) in [6.07, 6.45) is -12.9. The third-order valence-electron chi connectivity index (χ3n) is 13.1. The molecule has 0 aromatic heterocycles. The van der Waals surface area contributed by atoms with Crippen LogP contribution in [0.2, 0.25) is 0 Å². The lowest BCUT2D eigenvalue weighted by molar-refractivity contribution is -0.339. The highest BCUT2D eigenvalue weighted by Gasteiger charge is 2.70. The smallest absolute Gasteiger partial charge is 0.340 e. The minimum atomic E-state index is -4.06. The molecule has 0 saturated carbocycles. The van der Waals surface area contributed by atoms with Crippen LogP contribution in [-0.4, -0.2) is 177 Å². The molecule has 1 saturated heterocycles. The molecule has 4 aliphatic heterocycles. The molecule has 10 rings (SSSR count).